The summed E-state index contributed by atoms with van der Waals surface area (Å²) in [6, 6.07) is -0.871. The molecule has 0 aromatic carbocycles. The highest BCUT2D eigenvalue weighted by Crippen LogP contribution is 2.33. The molecule has 1 saturated carbocycles. The highest BCUT2D eigenvalue weighted by molar-refractivity contribution is 7.86. The van der Waals surface area contributed by atoms with Gasteiger partial charge in [-0.3, -0.25) is 4.55 Å². The Bertz CT molecular complexity index is 312. The van der Waals surface area contributed by atoms with Crippen LogP contribution in [0.3, 0.4) is 0 Å². The SMILES string of the molecule is N[C@H](CC(F)(F)S(=O)(=O)O)C1CCCC1. The normalized spacial score (nSPS) is 21.9. The average Bonchev–Trinajstić information content (AvgIpc) is 2.51. The third-order valence-electron chi connectivity index (χ3n) is 2.86. The first-order valence-corrected chi connectivity index (χ1v) is 6.28. The molecule has 0 saturated heterocycles. The fourth-order valence-corrected chi connectivity index (χ4v) is 2.33. The summed E-state index contributed by atoms with van der Waals surface area (Å²) in [4.78, 5) is 0. The van der Waals surface area contributed by atoms with Crippen molar-refractivity contribution in [3.8, 4) is 0 Å². The molecule has 1 rings (SSSR count). The summed E-state index contributed by atoms with van der Waals surface area (Å²) < 4.78 is 54.8. The van der Waals surface area contributed by atoms with Gasteiger partial charge in [-0.1, -0.05) is 12.8 Å². The molecule has 0 radical (unpaired) electrons. The van der Waals surface area contributed by atoms with Crippen molar-refractivity contribution in [1.29, 1.82) is 0 Å². The van der Waals surface area contributed by atoms with Crippen LogP contribution in [0.2, 0.25) is 0 Å². The molecule has 1 fully saturated rings. The Hall–Kier alpha value is -0.270. The number of hydrogen-bond acceptors (Lipinski definition) is 3. The molecule has 3 N–H and O–H groups in total. The summed E-state index contributed by atoms with van der Waals surface area (Å²) in [7, 11) is -5.34. The van der Waals surface area contributed by atoms with Crippen molar-refractivity contribution in [2.24, 2.45) is 11.7 Å². The minimum absolute atomic E-state index is 0.0578. The van der Waals surface area contributed by atoms with Crippen molar-refractivity contribution in [2.45, 2.75) is 43.4 Å². The highest BCUT2D eigenvalue weighted by Gasteiger charge is 2.46. The molecule has 0 unspecified atom stereocenters. The molecule has 0 aromatic heterocycles. The van der Waals surface area contributed by atoms with Crippen molar-refractivity contribution >= 4 is 10.1 Å². The van der Waals surface area contributed by atoms with E-state index < -0.39 is 27.8 Å². The van der Waals surface area contributed by atoms with Gasteiger partial charge in [-0.2, -0.15) is 17.2 Å². The van der Waals surface area contributed by atoms with Gasteiger partial charge in [0.15, 0.2) is 0 Å². The van der Waals surface area contributed by atoms with E-state index in [2.05, 4.69) is 0 Å². The molecule has 1 aliphatic carbocycles. The number of alkyl halides is 2. The summed E-state index contributed by atoms with van der Waals surface area (Å²) in [6.07, 6.45) is 2.38. The van der Waals surface area contributed by atoms with Crippen LogP contribution in [0, 0.1) is 5.92 Å². The van der Waals surface area contributed by atoms with Crippen LogP contribution in [-0.2, 0) is 10.1 Å². The van der Waals surface area contributed by atoms with Gasteiger partial charge in [-0.25, -0.2) is 0 Å². The predicted octanol–water partition coefficient (Wildman–Crippen LogP) is 1.37. The van der Waals surface area contributed by atoms with Crippen LogP contribution in [-0.4, -0.2) is 24.3 Å². The second kappa shape index (κ2) is 4.31. The molecular weight excluding hydrogens is 228 g/mol. The average molecular weight is 243 g/mol. The zero-order valence-electron chi connectivity index (χ0n) is 8.20. The molecule has 0 heterocycles. The summed E-state index contributed by atoms with van der Waals surface area (Å²) in [6.45, 7) is 0. The van der Waals surface area contributed by atoms with Crippen LogP contribution in [0.25, 0.3) is 0 Å². The third-order valence-corrected chi connectivity index (χ3v) is 3.78. The number of hydrogen-bond donors (Lipinski definition) is 2. The second-order valence-corrected chi connectivity index (χ2v) is 5.57. The van der Waals surface area contributed by atoms with Gasteiger partial charge in [0.1, 0.15) is 0 Å². The number of halogens is 2. The van der Waals surface area contributed by atoms with E-state index in [0.717, 1.165) is 25.7 Å². The Morgan fingerprint density at radius 1 is 1.40 bits per heavy atom. The fourth-order valence-electron chi connectivity index (χ4n) is 1.93. The highest BCUT2D eigenvalue weighted by atomic mass is 32.2. The van der Waals surface area contributed by atoms with Crippen molar-refractivity contribution in [2.75, 3.05) is 0 Å². The van der Waals surface area contributed by atoms with E-state index in [1.807, 2.05) is 0 Å². The molecular formula is C8H15F2NO3S. The van der Waals surface area contributed by atoms with Gasteiger partial charge in [0.05, 0.1) is 0 Å². The smallest absolute Gasteiger partial charge is 0.327 e. The standard InChI is InChI=1S/C8H15F2NO3S/c9-8(10,15(12,13)14)5-7(11)6-3-1-2-4-6/h6-7H,1-5,11H2,(H,12,13,14)/t7-/m1/s1. The van der Waals surface area contributed by atoms with Gasteiger partial charge in [0.2, 0.25) is 0 Å². The lowest BCUT2D eigenvalue weighted by atomic mass is 9.96. The number of rotatable bonds is 4. The lowest BCUT2D eigenvalue weighted by molar-refractivity contribution is 0.0570. The Balaban J connectivity index is 2.60. The van der Waals surface area contributed by atoms with E-state index in [-0.39, 0.29) is 5.92 Å². The number of nitrogens with two attached hydrogens (primary N) is 1. The van der Waals surface area contributed by atoms with Gasteiger partial charge in [0, 0.05) is 12.5 Å². The quantitative estimate of drug-likeness (QED) is 0.731. The molecule has 90 valence electrons. The monoisotopic (exact) mass is 243 g/mol. The van der Waals surface area contributed by atoms with E-state index in [4.69, 9.17) is 10.3 Å². The van der Waals surface area contributed by atoms with Gasteiger partial charge in [-0.05, 0) is 18.8 Å². The molecule has 0 amide bonds. The zero-order chi connectivity index (χ0) is 11.7. The molecule has 1 atom stereocenters. The molecule has 1 aliphatic rings. The summed E-state index contributed by atoms with van der Waals surface area (Å²) in [5.41, 5.74) is 5.51. The van der Waals surface area contributed by atoms with Crippen LogP contribution in [0.1, 0.15) is 32.1 Å². The van der Waals surface area contributed by atoms with E-state index in [0.29, 0.717) is 0 Å². The topological polar surface area (TPSA) is 80.4 Å². The Morgan fingerprint density at radius 3 is 2.27 bits per heavy atom. The van der Waals surface area contributed by atoms with Gasteiger partial charge >= 0.3 is 15.4 Å². The van der Waals surface area contributed by atoms with Gasteiger partial charge < -0.3 is 5.73 Å². The predicted molar refractivity (Wildman–Crippen MR) is 51.0 cm³/mol. The molecule has 0 bridgehead atoms. The first-order chi connectivity index (χ1) is 6.74. The maximum absolute atomic E-state index is 12.9. The minimum Gasteiger partial charge on any atom is -0.327 e. The lowest BCUT2D eigenvalue weighted by Gasteiger charge is -2.22. The van der Waals surface area contributed by atoms with Crippen molar-refractivity contribution in [1.82, 2.24) is 0 Å². The summed E-state index contributed by atoms with van der Waals surface area (Å²) >= 11 is 0. The first kappa shape index (κ1) is 12.8. The second-order valence-electron chi connectivity index (χ2n) is 4.02. The van der Waals surface area contributed by atoms with Crippen LogP contribution in [0.15, 0.2) is 0 Å². The van der Waals surface area contributed by atoms with E-state index in [1.54, 1.807) is 0 Å². The first-order valence-electron chi connectivity index (χ1n) is 4.84. The van der Waals surface area contributed by atoms with Crippen LogP contribution in [0.5, 0.6) is 0 Å². The summed E-state index contributed by atoms with van der Waals surface area (Å²) in [5, 5.41) is -4.13. The Kier molecular flexibility index (Phi) is 3.67. The molecule has 4 nitrogen and oxygen atoms in total. The van der Waals surface area contributed by atoms with Gasteiger partial charge in [0.25, 0.3) is 0 Å². The van der Waals surface area contributed by atoms with Crippen molar-refractivity contribution in [3.05, 3.63) is 0 Å². The molecule has 15 heavy (non-hydrogen) atoms. The van der Waals surface area contributed by atoms with E-state index in [9.17, 15) is 17.2 Å². The fraction of sp³-hybridized carbons (Fsp3) is 1.00. The van der Waals surface area contributed by atoms with Crippen molar-refractivity contribution in [3.63, 3.8) is 0 Å². The summed E-state index contributed by atoms with van der Waals surface area (Å²) in [5.74, 6) is -0.0578. The molecule has 7 heteroatoms. The lowest BCUT2D eigenvalue weighted by Crippen LogP contribution is -2.39. The van der Waals surface area contributed by atoms with Crippen LogP contribution >= 0.6 is 0 Å². The molecule has 0 spiro atoms. The Morgan fingerprint density at radius 2 is 1.87 bits per heavy atom. The third kappa shape index (κ3) is 3.09. The van der Waals surface area contributed by atoms with Crippen LogP contribution in [0.4, 0.5) is 8.78 Å². The van der Waals surface area contributed by atoms with Crippen molar-refractivity contribution < 1.29 is 21.8 Å². The molecule has 0 aliphatic heterocycles. The molecule has 0 aromatic rings. The van der Waals surface area contributed by atoms with Crippen LogP contribution < -0.4 is 5.73 Å². The van der Waals surface area contributed by atoms with Gasteiger partial charge in [-0.15, -0.1) is 0 Å². The maximum atomic E-state index is 12.9. The maximum Gasteiger partial charge on any atom is 0.371 e. The minimum atomic E-state index is -5.34. The Labute approximate surface area is 87.6 Å². The van der Waals surface area contributed by atoms with E-state index >= 15 is 0 Å². The largest absolute Gasteiger partial charge is 0.371 e. The van der Waals surface area contributed by atoms with E-state index in [1.165, 1.54) is 0 Å². The zero-order valence-corrected chi connectivity index (χ0v) is 9.01.